The maximum absolute atomic E-state index is 6.58. The van der Waals surface area contributed by atoms with Gasteiger partial charge in [-0.25, -0.2) is 4.99 Å². The van der Waals surface area contributed by atoms with Crippen LogP contribution in [0.3, 0.4) is 0 Å². The molecule has 0 bridgehead atoms. The van der Waals surface area contributed by atoms with E-state index in [9.17, 15) is 0 Å². The number of thiophene rings is 1. The molecule has 0 amide bonds. The Labute approximate surface area is 332 Å². The van der Waals surface area contributed by atoms with Gasteiger partial charge in [-0.1, -0.05) is 133 Å². The van der Waals surface area contributed by atoms with Gasteiger partial charge in [-0.15, -0.1) is 11.3 Å². The first kappa shape index (κ1) is 32.3. The van der Waals surface area contributed by atoms with Crippen molar-refractivity contribution in [2.75, 3.05) is 0 Å². The first-order valence-corrected chi connectivity index (χ1v) is 20.2. The summed E-state index contributed by atoms with van der Waals surface area (Å²) < 4.78 is 11.4. The molecule has 1 aliphatic heterocycles. The summed E-state index contributed by atoms with van der Waals surface area (Å²) in [6.45, 7) is 0. The third-order valence-electron chi connectivity index (χ3n) is 11.5. The Balaban J connectivity index is 1.00. The van der Waals surface area contributed by atoms with Crippen LogP contribution in [0.15, 0.2) is 191 Å². The second-order valence-electron chi connectivity index (χ2n) is 14.8. The monoisotopic (exact) mass is 750 g/mol. The molecule has 8 aromatic carbocycles. The van der Waals surface area contributed by atoms with Gasteiger partial charge in [-0.2, -0.15) is 0 Å². The maximum atomic E-state index is 6.58. The normalized spacial score (nSPS) is 15.9. The fraction of sp³-hybridized carbons (Fsp3) is 0.0392. The second kappa shape index (κ2) is 12.8. The van der Waals surface area contributed by atoms with E-state index in [1.165, 1.54) is 58.7 Å². The zero-order valence-corrected chi connectivity index (χ0v) is 31.5. The van der Waals surface area contributed by atoms with Crippen molar-refractivity contribution in [1.29, 1.82) is 0 Å². The number of amidine groups is 1. The maximum Gasteiger partial charge on any atom is 0.136 e. The van der Waals surface area contributed by atoms with Gasteiger partial charge in [0.25, 0.3) is 0 Å². The predicted molar refractivity (Wildman–Crippen MR) is 238 cm³/mol. The van der Waals surface area contributed by atoms with E-state index in [0.29, 0.717) is 0 Å². The molecule has 0 spiro atoms. The van der Waals surface area contributed by atoms with Crippen molar-refractivity contribution < 1.29 is 4.42 Å². The molecule has 12 rings (SSSR count). The number of nitrogens with one attached hydrogen (secondary N) is 2. The topological polar surface area (TPSA) is 54.5 Å². The smallest absolute Gasteiger partial charge is 0.136 e. The molecule has 0 fully saturated rings. The number of aliphatic imine (C=N–C) groups is 1. The number of hydrogen-bond acceptors (Lipinski definition) is 5. The molecule has 0 saturated carbocycles. The summed E-state index contributed by atoms with van der Waals surface area (Å²) >= 11 is 1.84. The standard InChI is InChI=1S/C51H34N4OS/c1-3-13-31(14-4-1)49-52-50(32-15-5-2-6-16-32)54-51(53-49)33-25-27-39-46(29-33)57-45-24-12-20-38(48(39)45)37-19-11-23-44-47(37)40-30-34(26-28-43(40)56-44)55-41-21-9-7-17-35(41)36-18-8-10-22-42(36)55/h1-30,49,51,53H,(H,52,54). The molecule has 270 valence electrons. The van der Waals surface area contributed by atoms with E-state index < -0.39 is 0 Å². The van der Waals surface area contributed by atoms with Gasteiger partial charge in [-0.05, 0) is 70.8 Å². The predicted octanol–water partition coefficient (Wildman–Crippen LogP) is 13.1. The van der Waals surface area contributed by atoms with Crippen molar-refractivity contribution in [3.63, 3.8) is 0 Å². The van der Waals surface area contributed by atoms with Crippen LogP contribution in [0.4, 0.5) is 0 Å². The van der Waals surface area contributed by atoms with Crippen molar-refractivity contribution in [2.24, 2.45) is 4.99 Å². The Morgan fingerprint density at radius 2 is 1.21 bits per heavy atom. The van der Waals surface area contributed by atoms with Crippen molar-refractivity contribution in [3.05, 3.63) is 199 Å². The minimum atomic E-state index is -0.226. The van der Waals surface area contributed by atoms with E-state index >= 15 is 0 Å². The lowest BCUT2D eigenvalue weighted by Crippen LogP contribution is -2.44. The van der Waals surface area contributed by atoms with Crippen LogP contribution in [-0.4, -0.2) is 10.4 Å². The zero-order valence-electron chi connectivity index (χ0n) is 30.7. The third-order valence-corrected chi connectivity index (χ3v) is 12.6. The Hall–Kier alpha value is -6.99. The third kappa shape index (κ3) is 5.15. The molecule has 2 N–H and O–H groups in total. The largest absolute Gasteiger partial charge is 0.456 e. The van der Waals surface area contributed by atoms with Crippen molar-refractivity contribution in [3.8, 4) is 16.8 Å². The van der Waals surface area contributed by atoms with Crippen molar-refractivity contribution in [2.45, 2.75) is 12.3 Å². The van der Waals surface area contributed by atoms with Crippen LogP contribution in [-0.2, 0) is 0 Å². The van der Waals surface area contributed by atoms with Crippen LogP contribution < -0.4 is 10.6 Å². The average molecular weight is 751 g/mol. The lowest BCUT2D eigenvalue weighted by molar-refractivity contribution is 0.409. The summed E-state index contributed by atoms with van der Waals surface area (Å²) in [5.74, 6) is 0.883. The Morgan fingerprint density at radius 3 is 2.00 bits per heavy atom. The summed E-state index contributed by atoms with van der Waals surface area (Å²) in [5.41, 5.74) is 11.0. The second-order valence-corrected chi connectivity index (χ2v) is 15.9. The van der Waals surface area contributed by atoms with Crippen LogP contribution in [0.2, 0.25) is 0 Å². The van der Waals surface area contributed by atoms with Crippen LogP contribution >= 0.6 is 11.3 Å². The first-order valence-electron chi connectivity index (χ1n) is 19.4. The SMILES string of the molecule is c1ccc(C2=NC(c3ccc4c(c3)sc3cccc(-c5cccc6oc7ccc(-n8c9ccccc9c9ccccc98)cc7c56)c34)NC(c3ccccc3)N2)cc1. The molecule has 3 aromatic heterocycles. The average Bonchev–Trinajstić information content (AvgIpc) is 3.96. The summed E-state index contributed by atoms with van der Waals surface area (Å²) in [6.07, 6.45) is -0.315. The molecule has 1 aliphatic rings. The molecule has 2 atom stereocenters. The number of nitrogens with zero attached hydrogens (tertiary/aromatic N) is 2. The van der Waals surface area contributed by atoms with E-state index in [1.54, 1.807) is 0 Å². The molecule has 4 heterocycles. The fourth-order valence-electron chi connectivity index (χ4n) is 8.91. The Morgan fingerprint density at radius 1 is 0.509 bits per heavy atom. The van der Waals surface area contributed by atoms with Crippen LogP contribution in [0.25, 0.3) is 80.7 Å². The minimum Gasteiger partial charge on any atom is -0.456 e. The molecule has 5 nitrogen and oxygen atoms in total. The van der Waals surface area contributed by atoms with Gasteiger partial charge in [0, 0.05) is 53.0 Å². The fourth-order valence-corrected chi connectivity index (χ4v) is 10.1. The highest BCUT2D eigenvalue weighted by Crippen LogP contribution is 2.45. The first-order chi connectivity index (χ1) is 28.2. The molecule has 0 saturated heterocycles. The molecular formula is C51H34N4OS. The lowest BCUT2D eigenvalue weighted by atomic mass is 9.95. The van der Waals surface area contributed by atoms with Crippen LogP contribution in [0.1, 0.15) is 29.0 Å². The van der Waals surface area contributed by atoms with E-state index in [1.807, 2.05) is 17.4 Å². The highest BCUT2D eigenvalue weighted by Gasteiger charge is 2.26. The molecule has 0 radical (unpaired) electrons. The molecular weight excluding hydrogens is 717 g/mol. The van der Waals surface area contributed by atoms with Gasteiger partial charge in [-0.3, -0.25) is 5.32 Å². The molecule has 57 heavy (non-hydrogen) atoms. The number of furan rings is 1. The zero-order chi connectivity index (χ0) is 37.5. The van der Waals surface area contributed by atoms with E-state index in [4.69, 9.17) is 9.41 Å². The quantitative estimate of drug-likeness (QED) is 0.184. The van der Waals surface area contributed by atoms with E-state index in [2.05, 4.69) is 191 Å². The number of aromatic nitrogens is 1. The number of hydrogen-bond donors (Lipinski definition) is 2. The summed E-state index contributed by atoms with van der Waals surface area (Å²) in [5, 5.41) is 14.7. The Kier molecular flexibility index (Phi) is 7.24. The number of benzene rings is 8. The Bertz CT molecular complexity index is 3320. The van der Waals surface area contributed by atoms with Gasteiger partial charge in [0.05, 0.1) is 11.0 Å². The van der Waals surface area contributed by atoms with Gasteiger partial charge in [0.15, 0.2) is 0 Å². The highest BCUT2D eigenvalue weighted by atomic mass is 32.1. The van der Waals surface area contributed by atoms with Crippen molar-refractivity contribution in [1.82, 2.24) is 15.2 Å². The van der Waals surface area contributed by atoms with Gasteiger partial charge in [0.1, 0.15) is 29.3 Å². The molecule has 11 aromatic rings. The number of rotatable bonds is 5. The molecule has 6 heteroatoms. The highest BCUT2D eigenvalue weighted by molar-refractivity contribution is 7.26. The molecule has 2 unspecified atom stereocenters. The van der Waals surface area contributed by atoms with Crippen LogP contribution in [0, 0.1) is 0 Å². The summed E-state index contributed by atoms with van der Waals surface area (Å²) in [6, 6.07) is 64.9. The number of para-hydroxylation sites is 2. The van der Waals surface area contributed by atoms with Crippen molar-refractivity contribution >= 4 is 81.1 Å². The van der Waals surface area contributed by atoms with Gasteiger partial charge >= 0.3 is 0 Å². The summed E-state index contributed by atoms with van der Waals surface area (Å²) in [4.78, 5) is 5.23. The van der Waals surface area contributed by atoms with Gasteiger partial charge in [0.2, 0.25) is 0 Å². The van der Waals surface area contributed by atoms with Crippen LogP contribution in [0.5, 0.6) is 0 Å². The lowest BCUT2D eigenvalue weighted by Gasteiger charge is -2.32. The summed E-state index contributed by atoms with van der Waals surface area (Å²) in [7, 11) is 0. The minimum absolute atomic E-state index is 0.0886. The van der Waals surface area contributed by atoms with Gasteiger partial charge < -0.3 is 14.3 Å². The molecule has 0 aliphatic carbocycles. The number of fused-ring (bicyclic) bond motifs is 9. The van der Waals surface area contributed by atoms with E-state index in [-0.39, 0.29) is 12.3 Å². The van der Waals surface area contributed by atoms with E-state index in [0.717, 1.165) is 44.6 Å².